The van der Waals surface area contributed by atoms with Crippen LogP contribution in [-0.4, -0.2) is 21.8 Å². The smallest absolute Gasteiger partial charge is 0.236 e. The molecule has 13 heavy (non-hydrogen) atoms. The number of nitrogens with zero attached hydrogens (tertiary/aromatic N) is 2. The molecule has 7 heteroatoms. The molecule has 0 bridgehead atoms. The number of carbonyl (C=O) groups is 1. The Labute approximate surface area is 82.6 Å². The van der Waals surface area contributed by atoms with Crippen LogP contribution in [0.25, 0.3) is 0 Å². The van der Waals surface area contributed by atoms with Crippen molar-refractivity contribution in [2.24, 2.45) is 5.10 Å². The Morgan fingerprint density at radius 3 is 3.23 bits per heavy atom. The molecule has 2 heterocycles. The monoisotopic (exact) mass is 214 g/mol. The minimum absolute atomic E-state index is 0.00955. The second-order valence-corrected chi connectivity index (χ2v) is 4.06. The van der Waals surface area contributed by atoms with E-state index in [1.165, 1.54) is 23.1 Å². The highest BCUT2D eigenvalue weighted by molar-refractivity contribution is 8.15. The van der Waals surface area contributed by atoms with Crippen LogP contribution in [-0.2, 0) is 4.79 Å². The van der Waals surface area contributed by atoms with E-state index in [2.05, 4.69) is 20.8 Å². The Kier molecular flexibility index (Phi) is 2.46. The van der Waals surface area contributed by atoms with Crippen molar-refractivity contribution in [2.75, 3.05) is 11.2 Å². The number of amides is 1. The van der Waals surface area contributed by atoms with E-state index in [9.17, 15) is 4.79 Å². The maximum absolute atomic E-state index is 10.8. The number of anilines is 1. The molecule has 1 aliphatic heterocycles. The highest BCUT2D eigenvalue weighted by Crippen LogP contribution is 2.12. The lowest BCUT2D eigenvalue weighted by atomic mass is 10.7. The topological polar surface area (TPSA) is 66.4 Å². The maximum atomic E-state index is 10.8. The van der Waals surface area contributed by atoms with Gasteiger partial charge in [0, 0.05) is 11.6 Å². The van der Waals surface area contributed by atoms with Crippen molar-refractivity contribution < 1.29 is 4.79 Å². The number of amidine groups is 1. The highest BCUT2D eigenvalue weighted by atomic mass is 32.2. The summed E-state index contributed by atoms with van der Waals surface area (Å²) >= 11 is 2.83. The number of hydrazone groups is 1. The molecule has 0 radical (unpaired) electrons. The van der Waals surface area contributed by atoms with Crippen LogP contribution in [0.4, 0.5) is 5.13 Å². The number of hydrogen-bond donors (Lipinski definition) is 2. The van der Waals surface area contributed by atoms with Gasteiger partial charge in [-0.05, 0) is 0 Å². The SMILES string of the molecule is O=C1CSC(=NNc2nccs2)N1. The van der Waals surface area contributed by atoms with E-state index in [1.54, 1.807) is 6.20 Å². The molecule has 1 aromatic rings. The zero-order valence-corrected chi connectivity index (χ0v) is 8.11. The summed E-state index contributed by atoms with van der Waals surface area (Å²) in [6, 6.07) is 0. The maximum Gasteiger partial charge on any atom is 0.236 e. The van der Waals surface area contributed by atoms with E-state index >= 15 is 0 Å². The van der Waals surface area contributed by atoms with Crippen molar-refractivity contribution in [1.82, 2.24) is 10.3 Å². The molecule has 1 saturated heterocycles. The van der Waals surface area contributed by atoms with Crippen LogP contribution in [0.15, 0.2) is 16.7 Å². The summed E-state index contributed by atoms with van der Waals surface area (Å²) in [7, 11) is 0. The predicted molar refractivity (Wildman–Crippen MR) is 53.8 cm³/mol. The van der Waals surface area contributed by atoms with Crippen LogP contribution < -0.4 is 10.7 Å². The Hall–Kier alpha value is -1.08. The number of thioether (sulfide) groups is 1. The van der Waals surface area contributed by atoms with E-state index in [0.29, 0.717) is 16.1 Å². The van der Waals surface area contributed by atoms with Gasteiger partial charge in [0.15, 0.2) is 5.17 Å². The van der Waals surface area contributed by atoms with E-state index in [0.717, 1.165) is 0 Å². The van der Waals surface area contributed by atoms with Gasteiger partial charge < -0.3 is 5.32 Å². The largest absolute Gasteiger partial charge is 0.303 e. The normalized spacial score (nSPS) is 19.1. The second-order valence-electron chi connectivity index (χ2n) is 2.20. The lowest BCUT2D eigenvalue weighted by Crippen LogP contribution is -2.20. The highest BCUT2D eigenvalue weighted by Gasteiger charge is 2.16. The number of nitrogens with one attached hydrogen (secondary N) is 2. The Morgan fingerprint density at radius 1 is 1.69 bits per heavy atom. The van der Waals surface area contributed by atoms with Crippen molar-refractivity contribution in [3.63, 3.8) is 0 Å². The summed E-state index contributed by atoms with van der Waals surface area (Å²) in [4.78, 5) is 14.7. The van der Waals surface area contributed by atoms with Gasteiger partial charge in [0.25, 0.3) is 0 Å². The van der Waals surface area contributed by atoms with Gasteiger partial charge in [-0.25, -0.2) is 4.98 Å². The molecule has 0 aromatic carbocycles. The first kappa shape index (κ1) is 8.52. The van der Waals surface area contributed by atoms with Crippen LogP contribution in [0.5, 0.6) is 0 Å². The predicted octanol–water partition coefficient (Wildman–Crippen LogP) is 0.689. The van der Waals surface area contributed by atoms with E-state index < -0.39 is 0 Å². The first-order valence-electron chi connectivity index (χ1n) is 3.50. The third-order valence-corrected chi connectivity index (χ3v) is 2.82. The Bertz CT molecular complexity index is 334. The molecule has 5 nitrogen and oxygen atoms in total. The fraction of sp³-hybridized carbons (Fsp3) is 0.167. The molecule has 1 amide bonds. The molecule has 1 aromatic heterocycles. The first-order chi connectivity index (χ1) is 6.34. The number of aromatic nitrogens is 1. The molecule has 68 valence electrons. The van der Waals surface area contributed by atoms with Crippen LogP contribution >= 0.6 is 23.1 Å². The van der Waals surface area contributed by atoms with Crippen molar-refractivity contribution >= 4 is 39.3 Å². The van der Waals surface area contributed by atoms with Crippen molar-refractivity contribution in [3.8, 4) is 0 Å². The average Bonchev–Trinajstić information content (AvgIpc) is 2.71. The zero-order chi connectivity index (χ0) is 9.10. The fourth-order valence-corrected chi connectivity index (χ4v) is 1.87. The van der Waals surface area contributed by atoms with Gasteiger partial charge in [-0.2, -0.15) is 0 Å². The molecule has 1 fully saturated rings. The minimum atomic E-state index is -0.00955. The van der Waals surface area contributed by atoms with Crippen LogP contribution in [0.3, 0.4) is 0 Å². The standard InChI is InChI=1S/C6H6N4OS2/c11-4-3-13-6(8-4)10-9-5-7-1-2-12-5/h1-2H,3H2,(H,7,9)(H,8,10,11). The first-order valence-corrected chi connectivity index (χ1v) is 5.37. The lowest BCUT2D eigenvalue weighted by Gasteiger charge is -1.95. The van der Waals surface area contributed by atoms with Gasteiger partial charge in [0.05, 0.1) is 5.75 Å². The molecule has 0 saturated carbocycles. The summed E-state index contributed by atoms with van der Waals surface area (Å²) in [6.07, 6.45) is 1.69. The Morgan fingerprint density at radius 2 is 2.62 bits per heavy atom. The van der Waals surface area contributed by atoms with Crippen LogP contribution in [0.1, 0.15) is 0 Å². The summed E-state index contributed by atoms with van der Waals surface area (Å²) in [5.74, 6) is 0.433. The molecular weight excluding hydrogens is 208 g/mol. The summed E-state index contributed by atoms with van der Waals surface area (Å²) in [6.45, 7) is 0. The van der Waals surface area contributed by atoms with E-state index in [1.807, 2.05) is 5.38 Å². The quantitative estimate of drug-likeness (QED) is 0.711. The van der Waals surface area contributed by atoms with Gasteiger partial charge in [0.1, 0.15) is 0 Å². The van der Waals surface area contributed by atoms with Gasteiger partial charge >= 0.3 is 0 Å². The van der Waals surface area contributed by atoms with Crippen LogP contribution in [0, 0.1) is 0 Å². The number of thiazole rings is 1. The Balaban J connectivity index is 1.94. The fourth-order valence-electron chi connectivity index (χ4n) is 0.763. The second kappa shape index (κ2) is 3.75. The van der Waals surface area contributed by atoms with E-state index in [-0.39, 0.29) is 5.91 Å². The third kappa shape index (κ3) is 2.19. The molecule has 2 N–H and O–H groups in total. The van der Waals surface area contributed by atoms with E-state index in [4.69, 9.17) is 0 Å². The average molecular weight is 214 g/mol. The number of rotatable bonds is 2. The third-order valence-electron chi connectivity index (χ3n) is 1.27. The summed E-state index contributed by atoms with van der Waals surface area (Å²) in [5.41, 5.74) is 2.75. The number of hydrogen-bond acceptors (Lipinski definition) is 6. The molecular formula is C6H6N4OS2. The van der Waals surface area contributed by atoms with Crippen LogP contribution in [0.2, 0.25) is 0 Å². The molecule has 2 rings (SSSR count). The molecule has 1 aliphatic rings. The number of carbonyl (C=O) groups excluding carboxylic acids is 1. The van der Waals surface area contributed by atoms with Crippen molar-refractivity contribution in [1.29, 1.82) is 0 Å². The lowest BCUT2D eigenvalue weighted by molar-refractivity contribution is -0.116. The van der Waals surface area contributed by atoms with Gasteiger partial charge in [-0.15, -0.1) is 16.4 Å². The molecule has 0 unspecified atom stereocenters. The van der Waals surface area contributed by atoms with Gasteiger partial charge in [0.2, 0.25) is 11.0 Å². The molecule has 0 atom stereocenters. The summed E-state index contributed by atoms with van der Waals surface area (Å²) < 4.78 is 0. The van der Waals surface area contributed by atoms with Gasteiger partial charge in [-0.1, -0.05) is 11.8 Å². The molecule has 0 aliphatic carbocycles. The van der Waals surface area contributed by atoms with Crippen molar-refractivity contribution in [3.05, 3.63) is 11.6 Å². The van der Waals surface area contributed by atoms with Crippen molar-refractivity contribution in [2.45, 2.75) is 0 Å². The zero-order valence-electron chi connectivity index (χ0n) is 6.48. The molecule has 0 spiro atoms. The minimum Gasteiger partial charge on any atom is -0.303 e. The van der Waals surface area contributed by atoms with Gasteiger partial charge in [-0.3, -0.25) is 10.2 Å². The summed E-state index contributed by atoms with van der Waals surface area (Å²) in [5, 5.41) is 9.73.